The molecule has 40 heavy (non-hydrogen) atoms. The van der Waals surface area contributed by atoms with Crippen LogP contribution in [0.4, 0.5) is 5.69 Å². The molecule has 0 radical (unpaired) electrons. The molecule has 0 saturated heterocycles. The maximum atomic E-state index is 13.5. The highest BCUT2D eigenvalue weighted by Crippen LogP contribution is 2.36. The van der Waals surface area contributed by atoms with Gasteiger partial charge in [0.2, 0.25) is 11.6 Å². The fraction of sp³-hybridized carbons (Fsp3) is 0.143. The second-order valence-electron chi connectivity index (χ2n) is 8.90. The van der Waals surface area contributed by atoms with Gasteiger partial charge < -0.3 is 13.9 Å². The SMILES string of the molecule is CC(C)OC(=O)COc1c(Cl)cc(C=Nn2c(-c3cc4ccccc4o3)nc3ccccc3c2=O)cc1[N+](=O)[O-]. The van der Waals surface area contributed by atoms with Crippen LogP contribution in [-0.4, -0.2) is 39.5 Å². The van der Waals surface area contributed by atoms with Gasteiger partial charge in [-0.15, -0.1) is 0 Å². The lowest BCUT2D eigenvalue weighted by molar-refractivity contribution is -0.385. The normalized spacial score (nSPS) is 11.5. The Bertz CT molecular complexity index is 1830. The van der Waals surface area contributed by atoms with Crippen molar-refractivity contribution >= 4 is 51.3 Å². The lowest BCUT2D eigenvalue weighted by Crippen LogP contribution is -2.20. The predicted octanol–water partition coefficient (Wildman–Crippen LogP) is 5.58. The molecule has 11 nitrogen and oxygen atoms in total. The van der Waals surface area contributed by atoms with E-state index in [1.54, 1.807) is 50.2 Å². The first-order valence-corrected chi connectivity index (χ1v) is 12.4. The summed E-state index contributed by atoms with van der Waals surface area (Å²) < 4.78 is 17.3. The number of carbonyl (C=O) groups is 1. The first kappa shape index (κ1) is 26.6. The number of furan rings is 1. The molecule has 202 valence electrons. The number of esters is 1. The van der Waals surface area contributed by atoms with Gasteiger partial charge in [-0.1, -0.05) is 41.9 Å². The average molecular weight is 561 g/mol. The van der Waals surface area contributed by atoms with E-state index in [-0.39, 0.29) is 28.3 Å². The summed E-state index contributed by atoms with van der Waals surface area (Å²) in [5.41, 5.74) is 0.287. The molecule has 0 spiro atoms. The number of hydrogen-bond acceptors (Lipinski definition) is 9. The number of nitro benzene ring substituents is 1. The molecule has 5 aromatic rings. The van der Waals surface area contributed by atoms with E-state index in [9.17, 15) is 19.7 Å². The molecule has 0 N–H and O–H groups in total. The third-order valence-electron chi connectivity index (χ3n) is 5.67. The van der Waals surface area contributed by atoms with E-state index in [2.05, 4.69) is 10.1 Å². The van der Waals surface area contributed by atoms with E-state index >= 15 is 0 Å². The summed E-state index contributed by atoms with van der Waals surface area (Å²) in [6, 6.07) is 18.4. The summed E-state index contributed by atoms with van der Waals surface area (Å²) in [5, 5.41) is 17.1. The van der Waals surface area contributed by atoms with Crippen LogP contribution in [0, 0.1) is 10.1 Å². The van der Waals surface area contributed by atoms with Crippen molar-refractivity contribution in [3.63, 3.8) is 0 Å². The van der Waals surface area contributed by atoms with Crippen molar-refractivity contribution in [2.24, 2.45) is 5.10 Å². The smallest absolute Gasteiger partial charge is 0.344 e. The Morgan fingerprint density at radius 1 is 1.18 bits per heavy atom. The van der Waals surface area contributed by atoms with Gasteiger partial charge in [0.05, 0.1) is 33.2 Å². The Balaban J connectivity index is 1.57. The van der Waals surface area contributed by atoms with Crippen LogP contribution >= 0.6 is 11.6 Å². The monoisotopic (exact) mass is 560 g/mol. The molecule has 0 aliphatic rings. The van der Waals surface area contributed by atoms with Crippen molar-refractivity contribution < 1.29 is 23.6 Å². The number of benzene rings is 3. The molecule has 0 saturated carbocycles. The van der Waals surface area contributed by atoms with Crippen molar-refractivity contribution in [1.82, 2.24) is 9.66 Å². The maximum absolute atomic E-state index is 13.5. The first-order chi connectivity index (χ1) is 19.2. The van der Waals surface area contributed by atoms with Crippen LogP contribution in [0.1, 0.15) is 19.4 Å². The molecule has 0 unspecified atom stereocenters. The van der Waals surface area contributed by atoms with E-state index in [0.29, 0.717) is 22.2 Å². The second-order valence-corrected chi connectivity index (χ2v) is 9.31. The average Bonchev–Trinajstić information content (AvgIpc) is 3.35. The second kappa shape index (κ2) is 11.0. The molecule has 0 aliphatic carbocycles. The van der Waals surface area contributed by atoms with E-state index in [1.807, 2.05) is 18.2 Å². The highest BCUT2D eigenvalue weighted by atomic mass is 35.5. The summed E-state index contributed by atoms with van der Waals surface area (Å²) >= 11 is 6.29. The van der Waals surface area contributed by atoms with Crippen LogP contribution in [-0.2, 0) is 9.53 Å². The van der Waals surface area contributed by atoms with Gasteiger partial charge in [0.25, 0.3) is 5.56 Å². The van der Waals surface area contributed by atoms with Gasteiger partial charge in [0, 0.05) is 17.0 Å². The van der Waals surface area contributed by atoms with Gasteiger partial charge in [-0.05, 0) is 44.2 Å². The molecule has 2 heterocycles. The Morgan fingerprint density at radius 2 is 1.93 bits per heavy atom. The summed E-state index contributed by atoms with van der Waals surface area (Å²) in [4.78, 5) is 41.0. The molecule has 2 aromatic heterocycles. The zero-order chi connectivity index (χ0) is 28.4. The van der Waals surface area contributed by atoms with Gasteiger partial charge >= 0.3 is 11.7 Å². The number of hydrogen-bond donors (Lipinski definition) is 0. The number of ether oxygens (including phenoxy) is 2. The molecule has 12 heteroatoms. The number of halogens is 1. The van der Waals surface area contributed by atoms with Crippen LogP contribution in [0.15, 0.2) is 81.0 Å². The van der Waals surface area contributed by atoms with Crippen molar-refractivity contribution in [3.8, 4) is 17.3 Å². The number of nitrogens with zero attached hydrogens (tertiary/aromatic N) is 4. The highest BCUT2D eigenvalue weighted by molar-refractivity contribution is 6.32. The van der Waals surface area contributed by atoms with Crippen LogP contribution in [0.3, 0.4) is 0 Å². The molecule has 0 bridgehead atoms. The van der Waals surface area contributed by atoms with Gasteiger partial charge in [0.1, 0.15) is 5.58 Å². The summed E-state index contributed by atoms with van der Waals surface area (Å²) in [5.74, 6) is -0.549. The fourth-order valence-electron chi connectivity index (χ4n) is 3.99. The zero-order valence-electron chi connectivity index (χ0n) is 21.2. The van der Waals surface area contributed by atoms with Crippen LogP contribution in [0.2, 0.25) is 5.02 Å². The lowest BCUT2D eigenvalue weighted by Gasteiger charge is -2.11. The number of para-hydroxylation sites is 2. The summed E-state index contributed by atoms with van der Waals surface area (Å²) in [6.45, 7) is 2.76. The van der Waals surface area contributed by atoms with Crippen LogP contribution < -0.4 is 10.3 Å². The van der Waals surface area contributed by atoms with Gasteiger partial charge in [-0.25, -0.2) is 9.78 Å². The Kier molecular flexibility index (Phi) is 7.30. The van der Waals surface area contributed by atoms with Crippen molar-refractivity contribution in [2.45, 2.75) is 20.0 Å². The molecule has 5 rings (SSSR count). The Morgan fingerprint density at radius 3 is 2.67 bits per heavy atom. The number of rotatable bonds is 8. The predicted molar refractivity (Wildman–Crippen MR) is 149 cm³/mol. The van der Waals surface area contributed by atoms with Gasteiger partial charge in [-0.2, -0.15) is 9.78 Å². The minimum atomic E-state index is -0.702. The minimum absolute atomic E-state index is 0.130. The molecule has 0 atom stereocenters. The maximum Gasteiger partial charge on any atom is 0.344 e. The quantitative estimate of drug-likeness (QED) is 0.104. The Labute approximate surface area is 231 Å². The summed E-state index contributed by atoms with van der Waals surface area (Å²) in [6.07, 6.45) is 0.859. The summed E-state index contributed by atoms with van der Waals surface area (Å²) in [7, 11) is 0. The standard InChI is InChI=1S/C28H21ClN4O7/c1-16(2)39-25(34)15-38-26-20(29)11-17(12-22(26)33(36)37)14-30-32-27(24-13-18-7-3-6-10-23(18)40-24)31-21-9-5-4-8-19(21)28(32)35/h3-14,16H,15H2,1-2H3. The Hall–Kier alpha value is -5.03. The van der Waals surface area contributed by atoms with Gasteiger partial charge in [-0.3, -0.25) is 14.9 Å². The molecule has 0 aliphatic heterocycles. The molecular formula is C28H21ClN4O7. The topological polar surface area (TPSA) is 139 Å². The third-order valence-corrected chi connectivity index (χ3v) is 5.95. The molecule has 0 amide bonds. The van der Waals surface area contributed by atoms with Crippen molar-refractivity contribution in [2.75, 3.05) is 6.61 Å². The minimum Gasteiger partial charge on any atom is -0.474 e. The van der Waals surface area contributed by atoms with E-state index in [4.69, 9.17) is 25.5 Å². The van der Waals surface area contributed by atoms with E-state index < -0.39 is 28.7 Å². The first-order valence-electron chi connectivity index (χ1n) is 12.1. The van der Waals surface area contributed by atoms with Crippen LogP contribution in [0.5, 0.6) is 5.75 Å². The number of aromatic nitrogens is 2. The largest absolute Gasteiger partial charge is 0.474 e. The third kappa shape index (κ3) is 5.40. The number of carbonyl (C=O) groups excluding carboxylic acids is 1. The van der Waals surface area contributed by atoms with E-state index in [1.165, 1.54) is 18.3 Å². The fourth-order valence-corrected chi connectivity index (χ4v) is 4.26. The molecule has 3 aromatic carbocycles. The molecule has 0 fully saturated rings. The zero-order valence-corrected chi connectivity index (χ0v) is 22.0. The van der Waals surface area contributed by atoms with Gasteiger partial charge in [0.15, 0.2) is 12.4 Å². The van der Waals surface area contributed by atoms with Crippen LogP contribution in [0.25, 0.3) is 33.5 Å². The molecular weight excluding hydrogens is 540 g/mol. The highest BCUT2D eigenvalue weighted by Gasteiger charge is 2.22. The van der Waals surface area contributed by atoms with Crippen molar-refractivity contribution in [1.29, 1.82) is 0 Å². The van der Waals surface area contributed by atoms with Crippen molar-refractivity contribution in [3.05, 3.63) is 97.8 Å². The lowest BCUT2D eigenvalue weighted by atomic mass is 10.2. The number of fused-ring (bicyclic) bond motifs is 2. The number of nitro groups is 1. The van der Waals surface area contributed by atoms with E-state index in [0.717, 1.165) is 10.1 Å².